The average molecular weight is 638 g/mol. The van der Waals surface area contributed by atoms with Crippen LogP contribution in [-0.4, -0.2) is 89.4 Å². The van der Waals surface area contributed by atoms with Gasteiger partial charge in [-0.15, -0.1) is 0 Å². The van der Waals surface area contributed by atoms with Crippen molar-refractivity contribution in [3.05, 3.63) is 27.7 Å². The number of piperazine rings is 1. The Morgan fingerprint density at radius 1 is 1.18 bits per heavy atom. The summed E-state index contributed by atoms with van der Waals surface area (Å²) in [5.41, 5.74) is 5.48. The minimum atomic E-state index is -4.55. The molecule has 0 bridgehead atoms. The highest BCUT2D eigenvalue weighted by Crippen LogP contribution is 2.34. The standard InChI is InChI=1S/C20H27BrN4O8S.C3H8.C2H6/c1-20(2,3)33-19(28)23-4-5-25(34(29,30)31)13(9-23)11-32-16-7-14-12(6-15(16)21)8-24(18(14)27)10-17(22)26;1-3-2;1-2/h6-7,13H,4-5,8-11H2,1-3H3,(H2,22,26)(H,29,30,31);3H2,1-2H3;1-2H3. The number of primary amides is 1. The van der Waals surface area contributed by atoms with E-state index in [1.54, 1.807) is 26.8 Å². The minimum absolute atomic E-state index is 0.0396. The Balaban J connectivity index is 0.00000142. The molecule has 12 nitrogen and oxygen atoms in total. The third kappa shape index (κ3) is 10.2. The number of nitrogens with zero attached hydrogens (tertiary/aromatic N) is 3. The molecule has 39 heavy (non-hydrogen) atoms. The SMILES string of the molecule is CC.CC(C)(C)OC(=O)N1CCN(S(=O)(=O)O)C(COc2cc3c(cc2Br)CN(CC(N)=O)C3=O)C1.CCC. The summed E-state index contributed by atoms with van der Waals surface area (Å²) < 4.78 is 46.0. The van der Waals surface area contributed by atoms with Crippen molar-refractivity contribution in [2.24, 2.45) is 5.73 Å². The maximum Gasteiger partial charge on any atom is 0.410 e. The van der Waals surface area contributed by atoms with E-state index in [-0.39, 0.29) is 51.0 Å². The van der Waals surface area contributed by atoms with Gasteiger partial charge in [0.05, 0.1) is 17.1 Å². The number of rotatable bonds is 6. The number of carbonyl (C=O) groups excluding carboxylic acids is 3. The lowest BCUT2D eigenvalue weighted by atomic mass is 10.1. The molecule has 1 saturated heterocycles. The van der Waals surface area contributed by atoms with E-state index in [0.29, 0.717) is 15.6 Å². The van der Waals surface area contributed by atoms with E-state index in [9.17, 15) is 27.4 Å². The summed E-state index contributed by atoms with van der Waals surface area (Å²) in [4.78, 5) is 38.9. The van der Waals surface area contributed by atoms with Gasteiger partial charge < -0.3 is 25.0 Å². The first kappa shape index (κ1) is 34.6. The van der Waals surface area contributed by atoms with Crippen LogP contribution < -0.4 is 10.5 Å². The zero-order chi connectivity index (χ0) is 30.1. The van der Waals surface area contributed by atoms with Crippen LogP contribution in [0, 0.1) is 0 Å². The summed E-state index contributed by atoms with van der Waals surface area (Å²) >= 11 is 3.38. The molecule has 3 rings (SSSR count). The second-order valence-electron chi connectivity index (χ2n) is 9.75. The Bertz CT molecular complexity index is 1120. The van der Waals surface area contributed by atoms with Gasteiger partial charge in [-0.3, -0.25) is 14.1 Å². The van der Waals surface area contributed by atoms with E-state index in [1.807, 2.05) is 13.8 Å². The van der Waals surface area contributed by atoms with Crippen LogP contribution in [0.4, 0.5) is 4.79 Å². The predicted molar refractivity (Wildman–Crippen MR) is 151 cm³/mol. The van der Waals surface area contributed by atoms with Crippen LogP contribution in [0.2, 0.25) is 0 Å². The zero-order valence-electron chi connectivity index (χ0n) is 23.7. The fourth-order valence-corrected chi connectivity index (χ4v) is 5.08. The van der Waals surface area contributed by atoms with Gasteiger partial charge >= 0.3 is 16.4 Å². The van der Waals surface area contributed by atoms with Crippen LogP contribution >= 0.6 is 15.9 Å². The lowest BCUT2D eigenvalue weighted by Gasteiger charge is -2.39. The molecule has 1 unspecified atom stereocenters. The van der Waals surface area contributed by atoms with E-state index in [4.69, 9.17) is 15.2 Å². The molecule has 3 amide bonds. The number of amides is 3. The monoisotopic (exact) mass is 636 g/mol. The minimum Gasteiger partial charge on any atom is -0.491 e. The summed E-state index contributed by atoms with van der Waals surface area (Å²) in [6, 6.07) is 2.27. The quantitative estimate of drug-likeness (QED) is 0.449. The van der Waals surface area contributed by atoms with Crippen molar-refractivity contribution in [3.8, 4) is 5.75 Å². The van der Waals surface area contributed by atoms with Crippen LogP contribution in [0.5, 0.6) is 5.75 Å². The van der Waals surface area contributed by atoms with Gasteiger partial charge in [-0.25, -0.2) is 4.79 Å². The van der Waals surface area contributed by atoms with E-state index in [0.717, 1.165) is 4.31 Å². The summed E-state index contributed by atoms with van der Waals surface area (Å²) in [5, 5.41) is 0. The Hall–Kier alpha value is -2.42. The number of benzene rings is 1. The van der Waals surface area contributed by atoms with Crippen molar-refractivity contribution in [3.63, 3.8) is 0 Å². The molecule has 0 radical (unpaired) electrons. The molecular weight excluding hydrogens is 596 g/mol. The average Bonchev–Trinajstić information content (AvgIpc) is 3.10. The second kappa shape index (κ2) is 14.8. The first-order chi connectivity index (χ1) is 18.1. The van der Waals surface area contributed by atoms with Crippen molar-refractivity contribution in [1.82, 2.24) is 14.1 Å². The Labute approximate surface area is 239 Å². The largest absolute Gasteiger partial charge is 0.491 e. The van der Waals surface area contributed by atoms with Crippen molar-refractivity contribution in [1.29, 1.82) is 0 Å². The van der Waals surface area contributed by atoms with Gasteiger partial charge in [0.15, 0.2) is 0 Å². The molecule has 0 aliphatic carbocycles. The number of hydrogen-bond acceptors (Lipinski definition) is 7. The summed E-state index contributed by atoms with van der Waals surface area (Å²) in [5.74, 6) is -0.744. The first-order valence-electron chi connectivity index (χ1n) is 12.8. The molecular formula is C25H41BrN4O8S. The molecule has 0 spiro atoms. The number of fused-ring (bicyclic) bond motifs is 1. The molecule has 0 saturated carbocycles. The molecule has 1 fully saturated rings. The molecule has 2 heterocycles. The van der Waals surface area contributed by atoms with Crippen molar-refractivity contribution in [2.45, 2.75) is 73.1 Å². The van der Waals surface area contributed by atoms with E-state index < -0.39 is 33.9 Å². The van der Waals surface area contributed by atoms with Gasteiger partial charge in [0.2, 0.25) is 5.91 Å². The highest BCUT2D eigenvalue weighted by atomic mass is 79.9. The van der Waals surface area contributed by atoms with E-state index in [2.05, 4.69) is 29.8 Å². The predicted octanol–water partition coefficient (Wildman–Crippen LogP) is 3.44. The fraction of sp³-hybridized carbons (Fsp3) is 0.640. The second-order valence-corrected chi connectivity index (χ2v) is 12.0. The topological polar surface area (TPSA) is 160 Å². The Kier molecular flexibility index (Phi) is 13.2. The highest BCUT2D eigenvalue weighted by molar-refractivity contribution is 9.10. The van der Waals surface area contributed by atoms with Gasteiger partial charge in [0.1, 0.15) is 18.0 Å². The molecule has 1 atom stereocenters. The normalized spacial score (nSPS) is 17.4. The van der Waals surface area contributed by atoms with Gasteiger partial charge in [-0.2, -0.15) is 12.7 Å². The molecule has 222 valence electrons. The van der Waals surface area contributed by atoms with Crippen molar-refractivity contribution < 1.29 is 36.8 Å². The molecule has 1 aromatic carbocycles. The maximum atomic E-state index is 12.6. The van der Waals surface area contributed by atoms with Gasteiger partial charge in [0.25, 0.3) is 5.91 Å². The number of ether oxygens (including phenoxy) is 2. The van der Waals surface area contributed by atoms with Gasteiger partial charge in [-0.05, 0) is 54.4 Å². The highest BCUT2D eigenvalue weighted by Gasteiger charge is 2.38. The number of nitrogens with two attached hydrogens (primary N) is 1. The third-order valence-corrected chi connectivity index (χ3v) is 6.88. The smallest absolute Gasteiger partial charge is 0.410 e. The lowest BCUT2D eigenvalue weighted by Crippen LogP contribution is -2.58. The van der Waals surface area contributed by atoms with Crippen LogP contribution in [0.15, 0.2) is 16.6 Å². The molecule has 2 aliphatic rings. The molecule has 3 N–H and O–H groups in total. The Morgan fingerprint density at radius 3 is 2.28 bits per heavy atom. The zero-order valence-corrected chi connectivity index (χ0v) is 26.1. The molecule has 1 aromatic rings. The summed E-state index contributed by atoms with van der Waals surface area (Å²) in [7, 11) is -4.55. The van der Waals surface area contributed by atoms with Gasteiger partial charge in [-0.1, -0.05) is 34.1 Å². The lowest BCUT2D eigenvalue weighted by molar-refractivity contribution is -0.118. The molecule has 0 aromatic heterocycles. The molecule has 14 heteroatoms. The van der Waals surface area contributed by atoms with Crippen LogP contribution in [0.25, 0.3) is 0 Å². The Morgan fingerprint density at radius 2 is 1.77 bits per heavy atom. The van der Waals surface area contributed by atoms with Gasteiger partial charge in [0, 0.05) is 31.7 Å². The number of hydrogen-bond donors (Lipinski definition) is 2. The number of halogens is 1. The van der Waals surface area contributed by atoms with E-state index in [1.165, 1.54) is 22.3 Å². The fourth-order valence-electron chi connectivity index (χ4n) is 3.76. The van der Waals surface area contributed by atoms with Crippen molar-refractivity contribution >= 4 is 44.1 Å². The molecule has 2 aliphatic heterocycles. The van der Waals surface area contributed by atoms with Crippen LogP contribution in [-0.2, 0) is 26.4 Å². The van der Waals surface area contributed by atoms with Crippen molar-refractivity contribution in [2.75, 3.05) is 32.8 Å². The van der Waals surface area contributed by atoms with E-state index >= 15 is 0 Å². The third-order valence-electron chi connectivity index (χ3n) is 5.19. The number of carbonyl (C=O) groups is 3. The maximum absolute atomic E-state index is 12.6. The van der Waals surface area contributed by atoms with Crippen LogP contribution in [0.1, 0.15) is 70.8 Å². The summed E-state index contributed by atoms with van der Waals surface area (Å²) in [6.07, 6.45) is 0.645. The first-order valence-corrected chi connectivity index (χ1v) is 15.0. The summed E-state index contributed by atoms with van der Waals surface area (Å²) in [6.45, 7) is 13.0. The van der Waals surface area contributed by atoms with Crippen LogP contribution in [0.3, 0.4) is 0 Å².